The molecule has 3 heterocycles. The summed E-state index contributed by atoms with van der Waals surface area (Å²) in [5, 5.41) is 0. The van der Waals surface area contributed by atoms with Crippen LogP contribution in [0.4, 0.5) is 13.2 Å². The van der Waals surface area contributed by atoms with Crippen LogP contribution in [0.2, 0.25) is 0 Å². The number of hydrogen-bond acceptors (Lipinski definition) is 4. The van der Waals surface area contributed by atoms with Crippen molar-refractivity contribution in [2.24, 2.45) is 0 Å². The lowest BCUT2D eigenvalue weighted by molar-refractivity contribution is -0.137. The van der Waals surface area contributed by atoms with Gasteiger partial charge in [-0.25, -0.2) is 0 Å². The van der Waals surface area contributed by atoms with Crippen molar-refractivity contribution in [1.29, 1.82) is 0 Å². The largest absolute Gasteiger partial charge is 0.416 e. The average molecular weight is 512 g/mol. The van der Waals surface area contributed by atoms with E-state index < -0.39 is 11.7 Å². The van der Waals surface area contributed by atoms with Gasteiger partial charge in [-0.3, -0.25) is 0 Å². The number of halogens is 4. The molecule has 1 fully saturated rings. The van der Waals surface area contributed by atoms with Crippen LogP contribution in [0.15, 0.2) is 58.3 Å². The number of piperidine rings is 1. The van der Waals surface area contributed by atoms with E-state index in [4.69, 9.17) is 4.74 Å². The lowest BCUT2D eigenvalue weighted by Gasteiger charge is -2.26. The van der Waals surface area contributed by atoms with E-state index in [1.807, 2.05) is 24.3 Å². The lowest BCUT2D eigenvalue weighted by atomic mass is 10.0. The Bertz CT molecular complexity index is 1110. The first-order valence-electron chi connectivity index (χ1n) is 10.9. The normalized spacial score (nSPS) is 15.7. The van der Waals surface area contributed by atoms with Crippen molar-refractivity contribution < 1.29 is 17.9 Å². The average Bonchev–Trinajstić information content (AvgIpc) is 3.16. The minimum atomic E-state index is -4.35. The van der Waals surface area contributed by atoms with Crippen LogP contribution in [-0.4, -0.2) is 31.1 Å². The molecule has 2 aromatic carbocycles. The molecule has 3 aromatic rings. The molecule has 0 aliphatic carbocycles. The molecule has 1 aromatic heterocycles. The van der Waals surface area contributed by atoms with Crippen molar-refractivity contribution in [2.75, 3.05) is 26.2 Å². The van der Waals surface area contributed by atoms with Crippen LogP contribution in [0.3, 0.4) is 0 Å². The van der Waals surface area contributed by atoms with Gasteiger partial charge < -0.3 is 9.64 Å². The third-order valence-electron chi connectivity index (χ3n) is 5.98. The third kappa shape index (κ3) is 5.43. The van der Waals surface area contributed by atoms with E-state index in [-0.39, 0.29) is 12.4 Å². The highest BCUT2D eigenvalue weighted by Crippen LogP contribution is 2.52. The molecule has 0 bridgehead atoms. The number of alkyl halides is 3. The van der Waals surface area contributed by atoms with E-state index in [9.17, 15) is 13.2 Å². The number of rotatable bonds is 5. The fourth-order valence-electron chi connectivity index (χ4n) is 4.33. The van der Waals surface area contributed by atoms with Gasteiger partial charge >= 0.3 is 6.18 Å². The van der Waals surface area contributed by atoms with Crippen LogP contribution >= 0.6 is 35.5 Å². The maximum Gasteiger partial charge on any atom is 0.416 e. The molecule has 8 heteroatoms. The Hall–Kier alpha value is -1.51. The second-order valence-electron chi connectivity index (χ2n) is 8.22. The van der Waals surface area contributed by atoms with Gasteiger partial charge in [-0.15, -0.1) is 23.7 Å². The summed E-state index contributed by atoms with van der Waals surface area (Å²) in [7, 11) is 0. The first kappa shape index (κ1) is 24.6. The van der Waals surface area contributed by atoms with Gasteiger partial charge in [-0.05, 0) is 55.8 Å². The molecule has 1 saturated heterocycles. The lowest BCUT2D eigenvalue weighted by Crippen LogP contribution is -2.32. The Morgan fingerprint density at radius 1 is 0.879 bits per heavy atom. The number of likely N-dealkylation sites (tertiary alicyclic amines) is 1. The maximum atomic E-state index is 13.3. The zero-order chi connectivity index (χ0) is 22.1. The van der Waals surface area contributed by atoms with Gasteiger partial charge in [0.1, 0.15) is 0 Å². The smallest absolute Gasteiger partial charge is 0.375 e. The highest BCUT2D eigenvalue weighted by atomic mass is 35.5. The molecular weight excluding hydrogens is 487 g/mol. The molecule has 0 amide bonds. The van der Waals surface area contributed by atoms with E-state index in [1.165, 1.54) is 43.2 Å². The van der Waals surface area contributed by atoms with Crippen molar-refractivity contribution in [3.63, 3.8) is 0 Å². The van der Waals surface area contributed by atoms with Crippen LogP contribution in [0.5, 0.6) is 0 Å². The number of thiophene rings is 1. The highest BCUT2D eigenvalue weighted by molar-refractivity contribution is 7.99. The standard InChI is InChI=1S/C25H24F3NOS2.ClH/c26-25(27,28)17-8-9-20-23(14-17)32-22-7-3-2-6-19(22)21-15-18(31-24(20)21)16-30-13-12-29-10-4-1-5-11-29;/h2-3,6-9,14-15H,1,4-5,10-13,16H2;1H. The Balaban J connectivity index is 0.00000259. The second kappa shape index (κ2) is 10.4. The van der Waals surface area contributed by atoms with E-state index >= 15 is 0 Å². The van der Waals surface area contributed by atoms with Gasteiger partial charge in [0.05, 0.1) is 18.8 Å². The second-order valence-corrected chi connectivity index (χ2v) is 10.4. The third-order valence-corrected chi connectivity index (χ3v) is 8.25. The minimum absolute atomic E-state index is 0. The monoisotopic (exact) mass is 511 g/mol. The van der Waals surface area contributed by atoms with Gasteiger partial charge in [0.15, 0.2) is 0 Å². The molecule has 0 atom stereocenters. The van der Waals surface area contributed by atoms with Crippen LogP contribution in [0.25, 0.3) is 21.6 Å². The Morgan fingerprint density at radius 2 is 1.67 bits per heavy atom. The molecule has 33 heavy (non-hydrogen) atoms. The molecule has 176 valence electrons. The number of hydrogen-bond donors (Lipinski definition) is 0. The Morgan fingerprint density at radius 3 is 2.45 bits per heavy atom. The molecule has 5 rings (SSSR count). The fourth-order valence-corrected chi connectivity index (χ4v) is 6.68. The predicted molar refractivity (Wildman–Crippen MR) is 132 cm³/mol. The zero-order valence-electron chi connectivity index (χ0n) is 18.0. The number of ether oxygens (including phenoxy) is 1. The van der Waals surface area contributed by atoms with Crippen molar-refractivity contribution >= 4 is 35.5 Å². The number of nitrogens with zero attached hydrogens (tertiary/aromatic N) is 1. The first-order chi connectivity index (χ1) is 15.5. The van der Waals surface area contributed by atoms with Crippen LogP contribution in [0, 0.1) is 0 Å². The fraction of sp³-hybridized carbons (Fsp3) is 0.360. The van der Waals surface area contributed by atoms with E-state index in [1.54, 1.807) is 17.4 Å². The summed E-state index contributed by atoms with van der Waals surface area (Å²) < 4.78 is 46.0. The van der Waals surface area contributed by atoms with Crippen LogP contribution in [-0.2, 0) is 17.5 Å². The molecule has 0 unspecified atom stereocenters. The summed E-state index contributed by atoms with van der Waals surface area (Å²) in [6.07, 6.45) is -0.494. The van der Waals surface area contributed by atoms with Gasteiger partial charge in [0.2, 0.25) is 0 Å². The molecule has 0 saturated carbocycles. The quantitative estimate of drug-likeness (QED) is 0.252. The summed E-state index contributed by atoms with van der Waals surface area (Å²) in [5.41, 5.74) is 2.39. The van der Waals surface area contributed by atoms with Crippen molar-refractivity contribution in [1.82, 2.24) is 4.90 Å². The van der Waals surface area contributed by atoms with Crippen LogP contribution in [0.1, 0.15) is 29.7 Å². The number of fused-ring (bicyclic) bond motifs is 5. The van der Waals surface area contributed by atoms with Crippen LogP contribution < -0.4 is 0 Å². The molecule has 2 aliphatic rings. The summed E-state index contributed by atoms with van der Waals surface area (Å²) in [5.74, 6) is 0. The summed E-state index contributed by atoms with van der Waals surface area (Å²) in [4.78, 5) is 6.18. The predicted octanol–water partition coefficient (Wildman–Crippen LogP) is 7.99. The van der Waals surface area contributed by atoms with Crippen molar-refractivity contribution in [3.05, 3.63) is 59.0 Å². The SMILES string of the molecule is Cl.FC(F)(F)c1ccc2c(c1)Sc1ccccc1-c1cc(COCCN3CCCCC3)sc1-2. The zero-order valence-corrected chi connectivity index (χ0v) is 20.4. The Kier molecular flexibility index (Phi) is 7.76. The molecule has 0 N–H and O–H groups in total. The summed E-state index contributed by atoms with van der Waals surface area (Å²) in [6, 6.07) is 14.2. The summed E-state index contributed by atoms with van der Waals surface area (Å²) >= 11 is 3.03. The molecule has 2 aliphatic heterocycles. The maximum absolute atomic E-state index is 13.3. The van der Waals surface area contributed by atoms with Gasteiger partial charge in [-0.1, -0.05) is 42.4 Å². The molecule has 0 radical (unpaired) electrons. The topological polar surface area (TPSA) is 12.5 Å². The number of benzene rings is 2. The minimum Gasteiger partial charge on any atom is -0.375 e. The van der Waals surface area contributed by atoms with Gasteiger partial charge in [0.25, 0.3) is 0 Å². The van der Waals surface area contributed by atoms with E-state index in [0.29, 0.717) is 18.1 Å². The molecule has 0 spiro atoms. The molecular formula is C25H25ClF3NOS2. The van der Waals surface area contributed by atoms with E-state index in [0.717, 1.165) is 51.0 Å². The summed E-state index contributed by atoms with van der Waals surface area (Å²) in [6.45, 7) is 4.48. The highest BCUT2D eigenvalue weighted by Gasteiger charge is 2.32. The molecule has 2 nitrogen and oxygen atoms in total. The van der Waals surface area contributed by atoms with Gasteiger partial charge in [-0.2, -0.15) is 13.2 Å². The van der Waals surface area contributed by atoms with Crippen molar-refractivity contribution in [3.8, 4) is 21.6 Å². The first-order valence-corrected chi connectivity index (χ1v) is 12.5. The van der Waals surface area contributed by atoms with Crippen molar-refractivity contribution in [2.45, 2.75) is 41.8 Å². The Labute approximate surface area is 206 Å². The van der Waals surface area contributed by atoms with Gasteiger partial charge in [0, 0.05) is 37.2 Å². The van der Waals surface area contributed by atoms with E-state index in [2.05, 4.69) is 11.0 Å².